The average Bonchev–Trinajstić information content (AvgIpc) is 2.53. The number of hydrogen-bond acceptors (Lipinski definition) is 5. The van der Waals surface area contributed by atoms with Crippen LogP contribution in [-0.4, -0.2) is 25.5 Å². The van der Waals surface area contributed by atoms with E-state index < -0.39 is 20.9 Å². The summed E-state index contributed by atoms with van der Waals surface area (Å²) in [6.07, 6.45) is 1.05. The zero-order valence-electron chi connectivity index (χ0n) is 13.9. The summed E-state index contributed by atoms with van der Waals surface area (Å²) >= 11 is 5.95. The topological polar surface area (TPSA) is 118 Å². The van der Waals surface area contributed by atoms with Gasteiger partial charge in [0, 0.05) is 17.8 Å². The van der Waals surface area contributed by atoms with Crippen LogP contribution in [0.15, 0.2) is 42.5 Å². The van der Waals surface area contributed by atoms with E-state index in [1.54, 1.807) is 31.2 Å². The number of non-ortho nitro benzene ring substituents is 1. The van der Waals surface area contributed by atoms with E-state index in [1.165, 1.54) is 12.1 Å². The van der Waals surface area contributed by atoms with Crippen molar-refractivity contribution in [3.8, 4) is 0 Å². The first kappa shape index (κ1) is 19.7. The van der Waals surface area contributed by atoms with Crippen LogP contribution >= 0.6 is 11.6 Å². The average molecular weight is 398 g/mol. The van der Waals surface area contributed by atoms with Gasteiger partial charge < -0.3 is 5.32 Å². The number of sulfonamides is 1. The van der Waals surface area contributed by atoms with Gasteiger partial charge in [0.1, 0.15) is 0 Å². The highest BCUT2D eigenvalue weighted by atomic mass is 35.5. The fraction of sp³-hybridized carbons (Fsp3) is 0.188. The molecule has 0 aromatic heterocycles. The standard InChI is InChI=1S/C16H16ClN3O5S/c1-10(11-3-5-12(6-4-11)19-26(2,24)25)18-16(21)14-8-7-13(20(22)23)9-15(14)17/h3-10,19H,1-2H3,(H,18,21)/t10-/m0/s1. The molecule has 2 aromatic rings. The number of hydrogen-bond donors (Lipinski definition) is 2. The molecule has 0 unspecified atom stereocenters. The highest BCUT2D eigenvalue weighted by Gasteiger charge is 2.17. The summed E-state index contributed by atoms with van der Waals surface area (Å²) in [4.78, 5) is 22.4. The Kier molecular flexibility index (Phi) is 5.83. The number of halogens is 1. The number of anilines is 1. The zero-order valence-corrected chi connectivity index (χ0v) is 15.5. The molecule has 0 heterocycles. The van der Waals surface area contributed by atoms with Gasteiger partial charge in [-0.05, 0) is 30.7 Å². The maximum absolute atomic E-state index is 12.3. The van der Waals surface area contributed by atoms with E-state index in [0.29, 0.717) is 5.69 Å². The van der Waals surface area contributed by atoms with Gasteiger partial charge in [0.15, 0.2) is 0 Å². The maximum atomic E-state index is 12.3. The Morgan fingerprint density at radius 3 is 2.31 bits per heavy atom. The molecular formula is C16H16ClN3O5S. The Bertz CT molecular complexity index is 945. The Morgan fingerprint density at radius 1 is 1.19 bits per heavy atom. The third-order valence-electron chi connectivity index (χ3n) is 3.47. The van der Waals surface area contributed by atoms with Crippen molar-refractivity contribution < 1.29 is 18.1 Å². The number of rotatable bonds is 6. The van der Waals surface area contributed by atoms with Gasteiger partial charge in [0.25, 0.3) is 11.6 Å². The van der Waals surface area contributed by atoms with Crippen molar-refractivity contribution in [1.82, 2.24) is 5.32 Å². The van der Waals surface area contributed by atoms with E-state index in [9.17, 15) is 23.3 Å². The quantitative estimate of drug-likeness (QED) is 0.573. The summed E-state index contributed by atoms with van der Waals surface area (Å²) in [6.45, 7) is 1.75. The lowest BCUT2D eigenvalue weighted by Gasteiger charge is -2.15. The molecule has 0 aliphatic carbocycles. The number of benzene rings is 2. The molecule has 8 nitrogen and oxygen atoms in total. The lowest BCUT2D eigenvalue weighted by atomic mass is 10.1. The minimum absolute atomic E-state index is 0.0170. The molecule has 0 fully saturated rings. The molecule has 2 N–H and O–H groups in total. The molecule has 0 aliphatic heterocycles. The van der Waals surface area contributed by atoms with Crippen molar-refractivity contribution in [2.45, 2.75) is 13.0 Å². The number of amides is 1. The van der Waals surface area contributed by atoms with Gasteiger partial charge in [-0.1, -0.05) is 23.7 Å². The summed E-state index contributed by atoms with van der Waals surface area (Å²) < 4.78 is 24.7. The molecule has 1 amide bonds. The molecule has 0 aliphatic rings. The molecule has 1 atom stereocenters. The molecule has 2 rings (SSSR count). The first-order chi connectivity index (χ1) is 12.1. The normalized spacial score (nSPS) is 12.3. The Hall–Kier alpha value is -2.65. The SMILES string of the molecule is C[C@H](NC(=O)c1ccc([N+](=O)[O-])cc1Cl)c1ccc(NS(C)(=O)=O)cc1. The van der Waals surface area contributed by atoms with Crippen molar-refractivity contribution in [2.24, 2.45) is 0 Å². The van der Waals surface area contributed by atoms with Crippen LogP contribution in [0.25, 0.3) is 0 Å². The van der Waals surface area contributed by atoms with Crippen molar-refractivity contribution in [3.63, 3.8) is 0 Å². The molecule has 0 radical (unpaired) electrons. The Labute approximate surface area is 155 Å². The number of carbonyl (C=O) groups is 1. The highest BCUT2D eigenvalue weighted by Crippen LogP contribution is 2.23. The number of nitro benzene ring substituents is 1. The van der Waals surface area contributed by atoms with E-state index in [2.05, 4.69) is 10.0 Å². The molecule has 0 bridgehead atoms. The van der Waals surface area contributed by atoms with E-state index in [4.69, 9.17) is 11.6 Å². The molecule has 138 valence electrons. The molecular weight excluding hydrogens is 382 g/mol. The van der Waals surface area contributed by atoms with E-state index >= 15 is 0 Å². The second kappa shape index (κ2) is 7.71. The predicted molar refractivity (Wildman–Crippen MR) is 98.9 cm³/mol. The van der Waals surface area contributed by atoms with Crippen LogP contribution in [0.3, 0.4) is 0 Å². The van der Waals surface area contributed by atoms with Gasteiger partial charge >= 0.3 is 0 Å². The molecule has 0 saturated heterocycles. The predicted octanol–water partition coefficient (Wildman–Crippen LogP) is 3.11. The Morgan fingerprint density at radius 2 is 1.81 bits per heavy atom. The largest absolute Gasteiger partial charge is 0.345 e. The van der Waals surface area contributed by atoms with Crippen LogP contribution in [0.1, 0.15) is 28.9 Å². The summed E-state index contributed by atoms with van der Waals surface area (Å²) in [5, 5.41) is 13.4. The summed E-state index contributed by atoms with van der Waals surface area (Å²) in [5.74, 6) is -0.476. The minimum Gasteiger partial charge on any atom is -0.345 e. The van der Waals surface area contributed by atoms with Crippen LogP contribution in [0.2, 0.25) is 5.02 Å². The molecule has 2 aromatic carbocycles. The van der Waals surface area contributed by atoms with Crippen LogP contribution in [0, 0.1) is 10.1 Å². The lowest BCUT2D eigenvalue weighted by Crippen LogP contribution is -2.26. The van der Waals surface area contributed by atoms with Gasteiger partial charge in [0.2, 0.25) is 10.0 Å². The van der Waals surface area contributed by atoms with Crippen molar-refractivity contribution in [2.75, 3.05) is 11.0 Å². The van der Waals surface area contributed by atoms with E-state index in [-0.39, 0.29) is 22.3 Å². The first-order valence-corrected chi connectivity index (χ1v) is 9.66. The van der Waals surface area contributed by atoms with Gasteiger partial charge in [-0.15, -0.1) is 0 Å². The summed E-state index contributed by atoms with van der Waals surface area (Å²) in [7, 11) is -3.36. The number of nitrogens with zero attached hydrogens (tertiary/aromatic N) is 1. The minimum atomic E-state index is -3.36. The van der Waals surface area contributed by atoms with Crippen molar-refractivity contribution >= 4 is 38.9 Å². The Balaban J connectivity index is 2.10. The maximum Gasteiger partial charge on any atom is 0.270 e. The van der Waals surface area contributed by atoms with Crippen LogP contribution < -0.4 is 10.0 Å². The third kappa shape index (κ3) is 5.17. The summed E-state index contributed by atoms with van der Waals surface area (Å²) in [5.41, 5.74) is 1.08. The fourth-order valence-electron chi connectivity index (χ4n) is 2.21. The molecule has 0 spiro atoms. The monoisotopic (exact) mass is 397 g/mol. The lowest BCUT2D eigenvalue weighted by molar-refractivity contribution is -0.384. The van der Waals surface area contributed by atoms with Crippen LogP contribution in [0.4, 0.5) is 11.4 Å². The number of carbonyl (C=O) groups excluding carboxylic acids is 1. The summed E-state index contributed by atoms with van der Waals surface area (Å²) in [6, 6.07) is 9.74. The number of nitrogens with one attached hydrogen (secondary N) is 2. The van der Waals surface area contributed by atoms with E-state index in [1.807, 2.05) is 0 Å². The fourth-order valence-corrected chi connectivity index (χ4v) is 3.04. The number of nitro groups is 1. The third-order valence-corrected chi connectivity index (χ3v) is 4.39. The molecule has 10 heteroatoms. The van der Waals surface area contributed by atoms with Gasteiger partial charge in [-0.3, -0.25) is 19.6 Å². The molecule has 0 saturated carbocycles. The van der Waals surface area contributed by atoms with Crippen molar-refractivity contribution in [1.29, 1.82) is 0 Å². The van der Waals surface area contributed by atoms with Gasteiger partial charge in [0.05, 0.1) is 27.8 Å². The van der Waals surface area contributed by atoms with E-state index in [0.717, 1.165) is 17.9 Å². The first-order valence-electron chi connectivity index (χ1n) is 7.39. The highest BCUT2D eigenvalue weighted by molar-refractivity contribution is 7.92. The van der Waals surface area contributed by atoms with Gasteiger partial charge in [-0.2, -0.15) is 0 Å². The van der Waals surface area contributed by atoms with Crippen molar-refractivity contribution in [3.05, 3.63) is 68.7 Å². The second-order valence-corrected chi connectivity index (χ2v) is 7.77. The van der Waals surface area contributed by atoms with Gasteiger partial charge in [-0.25, -0.2) is 8.42 Å². The second-order valence-electron chi connectivity index (χ2n) is 5.61. The smallest absolute Gasteiger partial charge is 0.270 e. The van der Waals surface area contributed by atoms with Crippen LogP contribution in [-0.2, 0) is 10.0 Å². The zero-order chi connectivity index (χ0) is 19.5. The molecule has 26 heavy (non-hydrogen) atoms. The van der Waals surface area contributed by atoms with Crippen LogP contribution in [0.5, 0.6) is 0 Å².